The Bertz CT molecular complexity index is 2980. The molecule has 0 aliphatic carbocycles. The van der Waals surface area contributed by atoms with Crippen LogP contribution in [0.25, 0.3) is 15.4 Å². The van der Waals surface area contributed by atoms with E-state index in [9.17, 15) is 19.2 Å². The van der Waals surface area contributed by atoms with Crippen LogP contribution in [-0.2, 0) is 19.2 Å². The topological polar surface area (TPSA) is 195 Å². The second-order valence-corrected chi connectivity index (χ2v) is 22.3. The number of carbonyl (C=O) groups is 4. The lowest BCUT2D eigenvalue weighted by Crippen LogP contribution is -2.58. The van der Waals surface area contributed by atoms with Crippen LogP contribution < -0.4 is 25.4 Å². The summed E-state index contributed by atoms with van der Waals surface area (Å²) >= 11 is 9.50. The maximum Gasteiger partial charge on any atom is 0.258 e. The molecule has 2 aliphatic heterocycles. The summed E-state index contributed by atoms with van der Waals surface area (Å²) in [6.45, 7) is 19.6. The number of benzene rings is 2. The highest BCUT2D eigenvalue weighted by atomic mass is 35.5. The molecule has 8 rings (SSSR count). The van der Waals surface area contributed by atoms with Gasteiger partial charge in [0.15, 0.2) is 12.4 Å². The molecule has 0 bridgehead atoms. The molecule has 4 amide bonds. The molecule has 6 heterocycles. The highest BCUT2D eigenvalue weighted by Crippen LogP contribution is 2.40. The first-order chi connectivity index (χ1) is 34.2. The number of amides is 4. The van der Waals surface area contributed by atoms with Gasteiger partial charge in [-0.15, -0.1) is 32.9 Å². The van der Waals surface area contributed by atoms with Gasteiger partial charge in [-0.05, 0) is 94.2 Å². The summed E-state index contributed by atoms with van der Waals surface area (Å²) < 4.78 is 13.8. The summed E-state index contributed by atoms with van der Waals surface area (Å²) in [6.07, 6.45) is 1.51. The average molecular weight is 1030 g/mol. The molecule has 6 atom stereocenters. The predicted molar refractivity (Wildman–Crippen MR) is 280 cm³/mol. The van der Waals surface area contributed by atoms with Crippen molar-refractivity contribution in [3.05, 3.63) is 122 Å². The maximum absolute atomic E-state index is 14.3. The fourth-order valence-electron chi connectivity index (χ4n) is 9.01. The Morgan fingerprint density at radius 2 is 1.62 bits per heavy atom. The molecule has 378 valence electrons. The van der Waals surface area contributed by atoms with E-state index >= 15 is 0 Å². The normalized spacial score (nSPS) is 17.7. The third-order valence-electron chi connectivity index (χ3n) is 13.0. The van der Waals surface area contributed by atoms with Crippen LogP contribution in [0.15, 0.2) is 77.4 Å². The summed E-state index contributed by atoms with van der Waals surface area (Å²) in [7, 11) is 0. The average Bonchev–Trinajstić information content (AvgIpc) is 4.11. The Labute approximate surface area is 433 Å². The van der Waals surface area contributed by atoms with E-state index in [0.29, 0.717) is 41.3 Å². The summed E-state index contributed by atoms with van der Waals surface area (Å²) in [5.74, 6) is 0.684. The van der Waals surface area contributed by atoms with Crippen molar-refractivity contribution in [2.75, 3.05) is 19.7 Å². The van der Waals surface area contributed by atoms with Crippen LogP contribution in [0.4, 0.5) is 0 Å². The van der Waals surface area contributed by atoms with Gasteiger partial charge < -0.3 is 30.3 Å². The number of aromatic nitrogens is 5. The number of hydrogen-bond donors (Lipinski definition) is 3. The van der Waals surface area contributed by atoms with Crippen molar-refractivity contribution in [3.63, 3.8) is 0 Å². The van der Waals surface area contributed by atoms with E-state index < -0.39 is 35.6 Å². The molecular formula is C53H61ClN10O6S2. The molecule has 72 heavy (non-hydrogen) atoms. The van der Waals surface area contributed by atoms with Crippen LogP contribution in [0.2, 0.25) is 5.02 Å². The number of aryl methyl sites for hydroxylation is 3. The monoisotopic (exact) mass is 1030 g/mol. The maximum atomic E-state index is 14.3. The van der Waals surface area contributed by atoms with Crippen LogP contribution >= 0.6 is 34.3 Å². The van der Waals surface area contributed by atoms with Crippen LogP contribution in [-0.4, -0.2) is 96.9 Å². The van der Waals surface area contributed by atoms with Crippen LogP contribution in [0.1, 0.15) is 111 Å². The highest BCUT2D eigenvalue weighted by molar-refractivity contribution is 7.15. The second kappa shape index (κ2) is 21.7. The minimum atomic E-state index is -0.927. The number of thiazole rings is 1. The Kier molecular flexibility index (Phi) is 15.6. The Balaban J connectivity index is 0.828. The number of aliphatic imine (C=N–C) groups is 1. The molecule has 1 fully saturated rings. The van der Waals surface area contributed by atoms with Crippen molar-refractivity contribution in [2.24, 2.45) is 16.3 Å². The highest BCUT2D eigenvalue weighted by Gasteiger charge is 2.44. The standard InChI is InChI=1S/C53H61ClN10O6S2/c1-28-21-41(50(67)58-31(4)35-11-13-37(14-12-35)47-32(5)57-27-71-47)63(25-28)51(68)48(53(8,9)10)60-43(66)26-69-39-19-20-44(56-24-39)70-29(2)23-55-42(65)22-40-49-62-61-34(7)64(49)52-45(30(3)33(6)72-52)46(59-40)36-15-17-38(54)18-16-36/h11-20,24,27-29,31,40-41,48H,21-23,25-26H2,1-10H3,(H,55,65)(H,58,67)(H,60,66)/t28-,29+,31+,40+,41+,48-/m1/s1. The van der Waals surface area contributed by atoms with Gasteiger partial charge in [0.1, 0.15) is 40.8 Å². The Morgan fingerprint density at radius 3 is 2.29 bits per heavy atom. The van der Waals surface area contributed by atoms with Gasteiger partial charge >= 0.3 is 0 Å². The molecule has 4 aromatic heterocycles. The molecule has 0 saturated carbocycles. The van der Waals surface area contributed by atoms with Crippen molar-refractivity contribution < 1.29 is 28.7 Å². The molecule has 6 aromatic rings. The molecule has 3 N–H and O–H groups in total. The molecular weight excluding hydrogens is 972 g/mol. The fourth-order valence-corrected chi connectivity index (χ4v) is 11.2. The molecule has 19 heteroatoms. The first kappa shape index (κ1) is 51.8. The second-order valence-electron chi connectivity index (χ2n) is 19.8. The number of likely N-dealkylation sites (tertiary alicyclic amines) is 1. The quantitative estimate of drug-likeness (QED) is 0.0845. The summed E-state index contributed by atoms with van der Waals surface area (Å²) in [5.41, 5.74) is 7.88. The lowest BCUT2D eigenvalue weighted by Gasteiger charge is -2.35. The van der Waals surface area contributed by atoms with Crippen molar-refractivity contribution in [3.8, 4) is 27.1 Å². The van der Waals surface area contributed by atoms with Crippen molar-refractivity contribution in [1.29, 1.82) is 0 Å². The number of nitrogens with one attached hydrogen (secondary N) is 3. The third-order valence-corrected chi connectivity index (χ3v) is 15.4. The summed E-state index contributed by atoms with van der Waals surface area (Å²) in [4.78, 5) is 72.9. The van der Waals surface area contributed by atoms with E-state index in [4.69, 9.17) is 26.1 Å². The number of pyridine rings is 1. The number of hydrogen-bond acceptors (Lipinski definition) is 13. The number of rotatable bonds is 16. The Hall–Kier alpha value is -6.50. The summed E-state index contributed by atoms with van der Waals surface area (Å²) in [6, 6.07) is 16.3. The number of carbonyl (C=O) groups excluding carboxylic acids is 4. The van der Waals surface area contributed by atoms with Crippen molar-refractivity contribution in [2.45, 2.75) is 112 Å². The number of fused-ring (bicyclic) bond motifs is 3. The summed E-state index contributed by atoms with van der Waals surface area (Å²) in [5, 5.41) is 19.5. The molecule has 1 saturated heterocycles. The van der Waals surface area contributed by atoms with Crippen LogP contribution in [0, 0.1) is 39.0 Å². The van der Waals surface area contributed by atoms with Gasteiger partial charge in [-0.2, -0.15) is 0 Å². The zero-order chi connectivity index (χ0) is 51.6. The van der Waals surface area contributed by atoms with E-state index in [0.717, 1.165) is 54.0 Å². The van der Waals surface area contributed by atoms with E-state index in [1.54, 1.807) is 39.7 Å². The minimum absolute atomic E-state index is 0.0253. The van der Waals surface area contributed by atoms with Gasteiger partial charge in [0.05, 0.1) is 47.0 Å². The first-order valence-electron chi connectivity index (χ1n) is 24.0. The zero-order valence-corrected chi connectivity index (χ0v) is 44.6. The van der Waals surface area contributed by atoms with E-state index in [1.165, 1.54) is 6.20 Å². The molecule has 2 aromatic carbocycles. The van der Waals surface area contributed by atoms with Gasteiger partial charge in [-0.1, -0.05) is 75.7 Å². The molecule has 0 spiro atoms. The molecule has 0 unspecified atom stereocenters. The van der Waals surface area contributed by atoms with Gasteiger partial charge in [-0.25, -0.2) is 9.97 Å². The zero-order valence-electron chi connectivity index (χ0n) is 42.2. The van der Waals surface area contributed by atoms with Crippen molar-refractivity contribution >= 4 is 63.6 Å². The number of nitrogens with zero attached hydrogens (tertiary/aromatic N) is 7. The molecule has 0 radical (unpaired) electrons. The Morgan fingerprint density at radius 1 is 0.903 bits per heavy atom. The van der Waals surface area contributed by atoms with Gasteiger partial charge in [0, 0.05) is 33.6 Å². The van der Waals surface area contributed by atoms with Crippen molar-refractivity contribution in [1.82, 2.24) is 45.6 Å². The first-order valence-corrected chi connectivity index (χ1v) is 26.1. The van der Waals surface area contributed by atoms with E-state index in [2.05, 4.69) is 50.0 Å². The number of ether oxygens (including phenoxy) is 2. The van der Waals surface area contributed by atoms with Gasteiger partial charge in [0.25, 0.3) is 5.91 Å². The smallest absolute Gasteiger partial charge is 0.258 e. The molecule has 2 aliphatic rings. The van der Waals surface area contributed by atoms with Gasteiger partial charge in [-0.3, -0.25) is 28.7 Å². The fraction of sp³-hybridized carbons (Fsp3) is 0.415. The third kappa shape index (κ3) is 11.6. The lowest BCUT2D eigenvalue weighted by atomic mass is 9.85. The molecule has 16 nitrogen and oxygen atoms in total. The van der Waals surface area contributed by atoms with E-state index in [-0.39, 0.29) is 49.3 Å². The predicted octanol–water partition coefficient (Wildman–Crippen LogP) is 8.62. The minimum Gasteiger partial charge on any atom is -0.482 e. The van der Waals surface area contributed by atoms with Gasteiger partial charge in [0.2, 0.25) is 23.6 Å². The number of thiophene rings is 1. The van der Waals surface area contributed by atoms with Crippen LogP contribution in [0.5, 0.6) is 11.6 Å². The largest absolute Gasteiger partial charge is 0.482 e. The number of halogens is 1. The lowest BCUT2D eigenvalue weighted by molar-refractivity contribution is -0.144. The van der Waals surface area contributed by atoms with Crippen LogP contribution in [0.3, 0.4) is 0 Å². The SMILES string of the molecule is Cc1ncsc1-c1ccc([C@H](C)NC(=O)[C@@H]2C[C@@H](C)CN2C(=O)[C@@H](NC(=O)COc2ccc(O[C@@H](C)CNC(=O)C[C@@H]3N=C(c4ccc(Cl)cc4)c4c(sc(C)c4C)-n4c(C)nnc43)nc2)C(C)(C)C)cc1. The van der Waals surface area contributed by atoms with E-state index in [1.807, 2.05) is 114 Å².